The first kappa shape index (κ1) is 15.0. The van der Waals surface area contributed by atoms with Gasteiger partial charge in [0.15, 0.2) is 5.54 Å². The molecular weight excluding hydrogens is 252 g/mol. The molecule has 0 radical (unpaired) electrons. The van der Waals surface area contributed by atoms with Gasteiger partial charge in [-0.25, -0.2) is 4.79 Å². The Bertz CT molecular complexity index is 441. The minimum atomic E-state index is -1.09. The molecule has 1 heterocycles. The number of carbonyl (C=O) groups excluding carboxylic acids is 1. The minimum absolute atomic E-state index is 0.373. The van der Waals surface area contributed by atoms with Crippen LogP contribution < -0.4 is 5.73 Å². The van der Waals surface area contributed by atoms with Gasteiger partial charge in [0.25, 0.3) is 0 Å². The summed E-state index contributed by atoms with van der Waals surface area (Å²) in [5.74, 6) is 0.385. The molecule has 2 N–H and O–H groups in total. The first-order valence-corrected chi connectivity index (χ1v) is 7.21. The van der Waals surface area contributed by atoms with Crippen molar-refractivity contribution >= 4 is 5.97 Å². The van der Waals surface area contributed by atoms with Crippen molar-refractivity contribution in [3.05, 3.63) is 35.9 Å². The summed E-state index contributed by atoms with van der Waals surface area (Å²) in [6.07, 6.45) is 2.32. The summed E-state index contributed by atoms with van der Waals surface area (Å²) >= 11 is 0. The quantitative estimate of drug-likeness (QED) is 0.851. The van der Waals surface area contributed by atoms with Crippen LogP contribution >= 0.6 is 0 Å². The Kier molecular flexibility index (Phi) is 4.78. The molecule has 1 aromatic carbocycles. The van der Waals surface area contributed by atoms with E-state index in [2.05, 4.69) is 11.8 Å². The maximum Gasteiger partial charge on any atom is 0.331 e. The van der Waals surface area contributed by atoms with Crippen molar-refractivity contribution in [3.63, 3.8) is 0 Å². The van der Waals surface area contributed by atoms with Crippen molar-refractivity contribution in [1.82, 2.24) is 4.90 Å². The molecule has 0 aliphatic carbocycles. The second-order valence-corrected chi connectivity index (χ2v) is 5.79. The molecule has 2 rings (SSSR count). The van der Waals surface area contributed by atoms with E-state index in [9.17, 15) is 4.79 Å². The van der Waals surface area contributed by atoms with Gasteiger partial charge in [0.05, 0.1) is 7.11 Å². The number of methoxy groups -OCH3 is 1. The number of esters is 1. The van der Waals surface area contributed by atoms with Gasteiger partial charge in [-0.3, -0.25) is 0 Å². The van der Waals surface area contributed by atoms with E-state index in [4.69, 9.17) is 10.5 Å². The van der Waals surface area contributed by atoms with E-state index in [1.54, 1.807) is 0 Å². The third kappa shape index (κ3) is 3.19. The number of piperidine rings is 1. The van der Waals surface area contributed by atoms with Gasteiger partial charge in [0, 0.05) is 6.54 Å². The van der Waals surface area contributed by atoms with Crippen molar-refractivity contribution in [2.75, 3.05) is 26.7 Å². The molecule has 4 nitrogen and oxygen atoms in total. The van der Waals surface area contributed by atoms with E-state index in [1.807, 2.05) is 30.3 Å². The highest BCUT2D eigenvalue weighted by atomic mass is 16.5. The molecule has 1 unspecified atom stereocenters. The van der Waals surface area contributed by atoms with Gasteiger partial charge in [-0.2, -0.15) is 0 Å². The van der Waals surface area contributed by atoms with Gasteiger partial charge in [-0.15, -0.1) is 0 Å². The zero-order chi connectivity index (χ0) is 14.6. The lowest BCUT2D eigenvalue weighted by molar-refractivity contribution is -0.148. The van der Waals surface area contributed by atoms with Crippen molar-refractivity contribution in [1.29, 1.82) is 0 Å². The van der Waals surface area contributed by atoms with Crippen LogP contribution in [0.25, 0.3) is 0 Å². The van der Waals surface area contributed by atoms with Gasteiger partial charge in [-0.1, -0.05) is 37.3 Å². The number of carbonyl (C=O) groups is 1. The van der Waals surface area contributed by atoms with Gasteiger partial charge >= 0.3 is 5.97 Å². The highest BCUT2D eigenvalue weighted by Gasteiger charge is 2.39. The summed E-state index contributed by atoms with van der Waals surface area (Å²) in [4.78, 5) is 14.5. The van der Waals surface area contributed by atoms with Crippen LogP contribution in [0.3, 0.4) is 0 Å². The molecule has 20 heavy (non-hydrogen) atoms. The molecule has 1 atom stereocenters. The first-order chi connectivity index (χ1) is 9.56. The van der Waals surface area contributed by atoms with Crippen molar-refractivity contribution in [3.8, 4) is 0 Å². The zero-order valence-corrected chi connectivity index (χ0v) is 12.3. The Morgan fingerprint density at radius 2 is 1.95 bits per heavy atom. The zero-order valence-electron chi connectivity index (χ0n) is 12.3. The standard InChI is InChI=1S/C16H24N2O2/c1-13-8-10-18(11-9-13)12-16(17,15(19)20-2)14-6-4-3-5-7-14/h3-7,13H,8-12,17H2,1-2H3. The number of nitrogens with two attached hydrogens (primary N) is 1. The topological polar surface area (TPSA) is 55.6 Å². The Morgan fingerprint density at radius 1 is 1.35 bits per heavy atom. The Labute approximate surface area is 120 Å². The average molecular weight is 276 g/mol. The molecule has 0 bridgehead atoms. The molecule has 0 saturated carbocycles. The Hall–Kier alpha value is -1.39. The fourth-order valence-corrected chi connectivity index (χ4v) is 2.76. The van der Waals surface area contributed by atoms with Crippen LogP contribution in [0.1, 0.15) is 25.3 Å². The molecule has 1 fully saturated rings. The maximum absolute atomic E-state index is 12.2. The number of benzene rings is 1. The molecular formula is C16H24N2O2. The van der Waals surface area contributed by atoms with Crippen molar-refractivity contribution < 1.29 is 9.53 Å². The smallest absolute Gasteiger partial charge is 0.331 e. The van der Waals surface area contributed by atoms with Gasteiger partial charge in [0.2, 0.25) is 0 Å². The van der Waals surface area contributed by atoms with E-state index >= 15 is 0 Å². The molecule has 0 aromatic heterocycles. The van der Waals surface area contributed by atoms with Crippen molar-refractivity contribution in [2.24, 2.45) is 11.7 Å². The average Bonchev–Trinajstić information content (AvgIpc) is 2.49. The second-order valence-electron chi connectivity index (χ2n) is 5.79. The Morgan fingerprint density at radius 3 is 2.50 bits per heavy atom. The number of hydrogen-bond acceptors (Lipinski definition) is 4. The van der Waals surface area contributed by atoms with Crippen LogP contribution in [0.5, 0.6) is 0 Å². The van der Waals surface area contributed by atoms with Crippen LogP contribution in [0.15, 0.2) is 30.3 Å². The van der Waals surface area contributed by atoms with E-state index in [-0.39, 0.29) is 5.97 Å². The van der Waals surface area contributed by atoms with Gasteiger partial charge in [0.1, 0.15) is 0 Å². The molecule has 1 aromatic rings. The van der Waals surface area contributed by atoms with E-state index in [0.29, 0.717) is 6.54 Å². The van der Waals surface area contributed by atoms with E-state index < -0.39 is 5.54 Å². The van der Waals surface area contributed by atoms with E-state index in [1.165, 1.54) is 7.11 Å². The van der Waals surface area contributed by atoms with Gasteiger partial charge in [-0.05, 0) is 37.4 Å². The molecule has 4 heteroatoms. The number of ether oxygens (including phenoxy) is 1. The summed E-state index contributed by atoms with van der Waals surface area (Å²) in [5.41, 5.74) is 6.15. The fourth-order valence-electron chi connectivity index (χ4n) is 2.76. The fraction of sp³-hybridized carbons (Fsp3) is 0.562. The normalized spacial score (nSPS) is 20.4. The summed E-state index contributed by atoms with van der Waals surface area (Å²) in [6, 6.07) is 9.51. The highest BCUT2D eigenvalue weighted by Crippen LogP contribution is 2.24. The predicted octanol–water partition coefficient (Wildman–Crippen LogP) is 1.75. The lowest BCUT2D eigenvalue weighted by Gasteiger charge is -2.37. The lowest BCUT2D eigenvalue weighted by atomic mass is 9.89. The molecule has 0 spiro atoms. The van der Waals surface area contributed by atoms with Crippen molar-refractivity contribution in [2.45, 2.75) is 25.3 Å². The maximum atomic E-state index is 12.2. The van der Waals surface area contributed by atoms with Gasteiger partial charge < -0.3 is 15.4 Å². The molecule has 110 valence electrons. The highest BCUT2D eigenvalue weighted by molar-refractivity contribution is 5.82. The van der Waals surface area contributed by atoms with Crippen LogP contribution in [0.4, 0.5) is 0 Å². The molecule has 1 aliphatic heterocycles. The Balaban J connectivity index is 2.18. The SMILES string of the molecule is COC(=O)C(N)(CN1CCC(C)CC1)c1ccccc1. The lowest BCUT2D eigenvalue weighted by Crippen LogP contribution is -2.55. The monoisotopic (exact) mass is 276 g/mol. The molecule has 1 aliphatic rings. The van der Waals surface area contributed by atoms with E-state index in [0.717, 1.165) is 37.4 Å². The first-order valence-electron chi connectivity index (χ1n) is 7.21. The number of rotatable bonds is 4. The van der Waals surface area contributed by atoms with Crippen LogP contribution in [0.2, 0.25) is 0 Å². The third-order valence-electron chi connectivity index (χ3n) is 4.19. The van der Waals surface area contributed by atoms with Crippen LogP contribution in [0, 0.1) is 5.92 Å². The second kappa shape index (κ2) is 6.37. The predicted molar refractivity (Wildman–Crippen MR) is 79.2 cm³/mol. The third-order valence-corrected chi connectivity index (χ3v) is 4.19. The van der Waals surface area contributed by atoms with Crippen LogP contribution in [-0.2, 0) is 15.1 Å². The largest absolute Gasteiger partial charge is 0.467 e. The molecule has 1 saturated heterocycles. The summed E-state index contributed by atoms with van der Waals surface area (Å²) in [7, 11) is 1.39. The number of hydrogen-bond donors (Lipinski definition) is 1. The van der Waals surface area contributed by atoms with Crippen LogP contribution in [-0.4, -0.2) is 37.6 Å². The summed E-state index contributed by atoms with van der Waals surface area (Å²) in [5, 5.41) is 0. The number of likely N-dealkylation sites (tertiary alicyclic amines) is 1. The number of nitrogens with zero attached hydrogens (tertiary/aromatic N) is 1. The molecule has 0 amide bonds. The summed E-state index contributed by atoms with van der Waals surface area (Å²) in [6.45, 7) is 4.76. The minimum Gasteiger partial charge on any atom is -0.467 e. The summed E-state index contributed by atoms with van der Waals surface area (Å²) < 4.78 is 4.94.